The van der Waals surface area contributed by atoms with E-state index in [9.17, 15) is 4.79 Å². The fourth-order valence-corrected chi connectivity index (χ4v) is 1.84. The normalized spacial score (nSPS) is 10.6. The summed E-state index contributed by atoms with van der Waals surface area (Å²) in [4.78, 5) is 12.8. The smallest absolute Gasteiger partial charge is 0.263 e. The van der Waals surface area contributed by atoms with E-state index in [1.165, 1.54) is 27.5 Å². The summed E-state index contributed by atoms with van der Waals surface area (Å²) in [6.45, 7) is -0.156. The lowest BCUT2D eigenvalue weighted by atomic mass is 10.2. The second kappa shape index (κ2) is 7.76. The zero-order valence-electron chi connectivity index (χ0n) is 13.4. The van der Waals surface area contributed by atoms with Crippen molar-refractivity contribution in [2.75, 3.05) is 27.1 Å². The maximum absolute atomic E-state index is 11.7. The predicted molar refractivity (Wildman–Crippen MR) is 84.1 cm³/mol. The van der Waals surface area contributed by atoms with Gasteiger partial charge in [0.15, 0.2) is 11.5 Å². The summed E-state index contributed by atoms with van der Waals surface area (Å²) in [7, 11) is 4.53. The van der Waals surface area contributed by atoms with Gasteiger partial charge in [0.25, 0.3) is 11.9 Å². The molecular formula is C13H17N7O4. The molecule has 0 spiro atoms. The summed E-state index contributed by atoms with van der Waals surface area (Å²) in [5, 5.41) is 14.6. The van der Waals surface area contributed by atoms with Crippen molar-refractivity contribution in [2.24, 2.45) is 5.10 Å². The summed E-state index contributed by atoms with van der Waals surface area (Å²) >= 11 is 0. The van der Waals surface area contributed by atoms with Crippen LogP contribution < -0.4 is 25.4 Å². The van der Waals surface area contributed by atoms with E-state index in [-0.39, 0.29) is 12.5 Å². The Bertz CT molecular complexity index is 719. The molecule has 0 bridgehead atoms. The monoisotopic (exact) mass is 335 g/mol. The zero-order valence-corrected chi connectivity index (χ0v) is 13.4. The second-order valence-electron chi connectivity index (χ2n) is 4.43. The number of benzene rings is 1. The largest absolute Gasteiger partial charge is 0.493 e. The number of methoxy groups -OCH3 is 3. The molecule has 0 aliphatic heterocycles. The minimum absolute atomic E-state index is 0.0104. The van der Waals surface area contributed by atoms with Crippen LogP contribution in [0, 0.1) is 0 Å². The minimum Gasteiger partial charge on any atom is -0.493 e. The van der Waals surface area contributed by atoms with Gasteiger partial charge >= 0.3 is 0 Å². The van der Waals surface area contributed by atoms with Crippen molar-refractivity contribution in [3.63, 3.8) is 0 Å². The fourth-order valence-electron chi connectivity index (χ4n) is 1.84. The Labute approximate surface area is 137 Å². The number of hydrogen-bond acceptors (Lipinski definition) is 9. The summed E-state index contributed by atoms with van der Waals surface area (Å²) in [6, 6.07) is 3.38. The number of hydrogen-bond donors (Lipinski definition) is 2. The highest BCUT2D eigenvalue weighted by molar-refractivity contribution is 5.84. The number of nitrogens with two attached hydrogens (primary N) is 1. The number of ether oxygens (including phenoxy) is 3. The van der Waals surface area contributed by atoms with E-state index >= 15 is 0 Å². The van der Waals surface area contributed by atoms with Gasteiger partial charge in [-0.3, -0.25) is 4.79 Å². The van der Waals surface area contributed by atoms with Crippen molar-refractivity contribution >= 4 is 18.1 Å². The first kappa shape index (κ1) is 17.0. The van der Waals surface area contributed by atoms with E-state index in [1.54, 1.807) is 12.1 Å². The first-order valence-corrected chi connectivity index (χ1v) is 6.72. The molecule has 1 heterocycles. The number of aromatic nitrogens is 4. The van der Waals surface area contributed by atoms with Crippen LogP contribution in [0.1, 0.15) is 5.56 Å². The number of carbonyl (C=O) groups excluding carboxylic acids is 1. The molecule has 3 N–H and O–H groups in total. The quantitative estimate of drug-likeness (QED) is 0.506. The molecule has 0 unspecified atom stereocenters. The molecule has 2 rings (SSSR count). The number of rotatable bonds is 7. The lowest BCUT2D eigenvalue weighted by molar-refractivity contribution is -0.122. The third-order valence-electron chi connectivity index (χ3n) is 2.84. The maximum atomic E-state index is 11.7. The van der Waals surface area contributed by atoms with Crippen LogP contribution in [0.3, 0.4) is 0 Å². The van der Waals surface area contributed by atoms with E-state index < -0.39 is 5.91 Å². The van der Waals surface area contributed by atoms with Crippen molar-refractivity contribution in [2.45, 2.75) is 6.54 Å². The molecule has 24 heavy (non-hydrogen) atoms. The molecule has 0 fully saturated rings. The molecule has 1 aromatic carbocycles. The topological polar surface area (TPSA) is 139 Å². The van der Waals surface area contributed by atoms with Crippen molar-refractivity contribution in [1.29, 1.82) is 0 Å². The molecule has 0 saturated heterocycles. The number of carbonyl (C=O) groups is 1. The van der Waals surface area contributed by atoms with Gasteiger partial charge in [-0.1, -0.05) is 5.10 Å². The highest BCUT2D eigenvalue weighted by atomic mass is 16.5. The van der Waals surface area contributed by atoms with Gasteiger partial charge in [0.05, 0.1) is 27.5 Å². The lowest BCUT2D eigenvalue weighted by Gasteiger charge is -2.12. The zero-order chi connectivity index (χ0) is 17.5. The Morgan fingerprint density at radius 1 is 1.29 bits per heavy atom. The van der Waals surface area contributed by atoms with Crippen LogP contribution in [0.2, 0.25) is 0 Å². The van der Waals surface area contributed by atoms with E-state index in [0.29, 0.717) is 22.8 Å². The summed E-state index contributed by atoms with van der Waals surface area (Å²) in [6.07, 6.45) is 1.44. The van der Waals surface area contributed by atoms with Crippen molar-refractivity contribution < 1.29 is 19.0 Å². The molecule has 2 aromatic rings. The van der Waals surface area contributed by atoms with Gasteiger partial charge in [-0.25, -0.2) is 5.43 Å². The molecule has 11 heteroatoms. The van der Waals surface area contributed by atoms with E-state index in [4.69, 9.17) is 19.9 Å². The Balaban J connectivity index is 2.04. The molecule has 0 atom stereocenters. The third-order valence-corrected chi connectivity index (χ3v) is 2.84. The molecule has 0 aliphatic carbocycles. The Hall–Kier alpha value is -3.37. The third kappa shape index (κ3) is 4.09. The molecule has 1 amide bonds. The van der Waals surface area contributed by atoms with Crippen LogP contribution in [-0.4, -0.2) is 53.7 Å². The molecular weight excluding hydrogens is 318 g/mol. The van der Waals surface area contributed by atoms with Crippen molar-refractivity contribution in [1.82, 2.24) is 25.6 Å². The first-order valence-electron chi connectivity index (χ1n) is 6.72. The van der Waals surface area contributed by atoms with Crippen LogP contribution in [0.5, 0.6) is 17.2 Å². The Kier molecular flexibility index (Phi) is 5.49. The molecule has 128 valence electrons. The van der Waals surface area contributed by atoms with Crippen molar-refractivity contribution in [3.05, 3.63) is 17.7 Å². The summed E-state index contributed by atoms with van der Waals surface area (Å²) in [5.41, 5.74) is 8.29. The van der Waals surface area contributed by atoms with Crippen LogP contribution in [0.4, 0.5) is 5.95 Å². The average Bonchev–Trinajstić information content (AvgIpc) is 2.98. The minimum atomic E-state index is -0.434. The number of nitrogens with one attached hydrogen (secondary N) is 1. The second-order valence-corrected chi connectivity index (χ2v) is 4.43. The van der Waals surface area contributed by atoms with E-state index in [1.807, 2.05) is 0 Å². The van der Waals surface area contributed by atoms with Crippen molar-refractivity contribution in [3.8, 4) is 17.2 Å². The standard InChI is InChI=1S/C13H17N7O4/c1-22-9-4-8(5-10(23-2)12(9)24-3)6-15-16-11(21)7-20-18-13(14)17-19-20/h4-6H,7H2,1-3H3,(H2,14,18)(H,16,21)/b15-6+. The number of amides is 1. The maximum Gasteiger partial charge on any atom is 0.263 e. The number of tetrazole rings is 1. The molecule has 0 radical (unpaired) electrons. The van der Waals surface area contributed by atoms with Crippen LogP contribution in [-0.2, 0) is 11.3 Å². The number of anilines is 1. The van der Waals surface area contributed by atoms with E-state index in [0.717, 1.165) is 4.80 Å². The highest BCUT2D eigenvalue weighted by Gasteiger charge is 2.12. The number of nitrogens with zero attached hydrogens (tertiary/aromatic N) is 5. The fraction of sp³-hybridized carbons (Fsp3) is 0.308. The van der Waals surface area contributed by atoms with Gasteiger partial charge in [0, 0.05) is 5.56 Å². The summed E-state index contributed by atoms with van der Waals surface area (Å²) in [5.74, 6) is 0.981. The SMILES string of the molecule is COc1cc(/C=N/NC(=O)Cn2nnc(N)n2)cc(OC)c1OC. The van der Waals surface area contributed by atoms with Crippen LogP contribution in [0.25, 0.3) is 0 Å². The molecule has 11 nitrogen and oxygen atoms in total. The Morgan fingerprint density at radius 2 is 1.96 bits per heavy atom. The number of hydrazone groups is 1. The van der Waals surface area contributed by atoms with Crippen LogP contribution in [0.15, 0.2) is 17.2 Å². The van der Waals surface area contributed by atoms with E-state index in [2.05, 4.69) is 25.9 Å². The lowest BCUT2D eigenvalue weighted by Crippen LogP contribution is -2.24. The van der Waals surface area contributed by atoms with Gasteiger partial charge in [0.1, 0.15) is 6.54 Å². The average molecular weight is 335 g/mol. The van der Waals surface area contributed by atoms with Gasteiger partial charge in [-0.15, -0.1) is 5.10 Å². The summed E-state index contributed by atoms with van der Waals surface area (Å²) < 4.78 is 15.7. The Morgan fingerprint density at radius 3 is 2.46 bits per heavy atom. The molecule has 0 saturated carbocycles. The molecule has 0 aliphatic rings. The number of nitrogen functional groups attached to an aromatic ring is 1. The predicted octanol–water partition coefficient (Wildman–Crippen LogP) is -0.569. The van der Waals surface area contributed by atoms with Crippen LogP contribution >= 0.6 is 0 Å². The van der Waals surface area contributed by atoms with Gasteiger partial charge in [0.2, 0.25) is 5.75 Å². The molecule has 1 aromatic heterocycles. The first-order chi connectivity index (χ1) is 11.6. The van der Waals surface area contributed by atoms with Gasteiger partial charge in [-0.2, -0.15) is 9.90 Å². The highest BCUT2D eigenvalue weighted by Crippen LogP contribution is 2.37. The van der Waals surface area contributed by atoms with Gasteiger partial charge < -0.3 is 19.9 Å². The van der Waals surface area contributed by atoms with Gasteiger partial charge in [-0.05, 0) is 17.3 Å².